The lowest BCUT2D eigenvalue weighted by molar-refractivity contribution is -0.139. The van der Waals surface area contributed by atoms with Crippen LogP contribution in [0.25, 0.3) is 11.1 Å². The van der Waals surface area contributed by atoms with E-state index in [9.17, 15) is 9.59 Å². The van der Waals surface area contributed by atoms with E-state index in [0.29, 0.717) is 25.1 Å². The molecule has 24 heavy (non-hydrogen) atoms. The molecule has 0 fully saturated rings. The maximum absolute atomic E-state index is 11.9. The first-order valence-electron chi connectivity index (χ1n) is 7.76. The highest BCUT2D eigenvalue weighted by atomic mass is 16.4. The zero-order valence-corrected chi connectivity index (χ0v) is 13.2. The van der Waals surface area contributed by atoms with Crippen LogP contribution in [0, 0.1) is 0 Å². The van der Waals surface area contributed by atoms with Gasteiger partial charge in [-0.15, -0.1) is 0 Å². The van der Waals surface area contributed by atoms with Crippen molar-refractivity contribution in [3.05, 3.63) is 54.6 Å². The van der Waals surface area contributed by atoms with Gasteiger partial charge in [0.2, 0.25) is 0 Å². The third-order valence-electron chi connectivity index (χ3n) is 3.55. The fourth-order valence-corrected chi connectivity index (χ4v) is 2.28. The summed E-state index contributed by atoms with van der Waals surface area (Å²) in [6.07, 6.45) is 0.829. The molecule has 126 valence electrons. The first kappa shape index (κ1) is 17.5. The molecule has 2 rings (SSSR count). The van der Waals surface area contributed by atoms with Gasteiger partial charge in [-0.05, 0) is 42.6 Å². The van der Waals surface area contributed by atoms with Crippen molar-refractivity contribution in [3.63, 3.8) is 0 Å². The lowest BCUT2D eigenvalue weighted by Crippen LogP contribution is -2.43. The number of carboxylic acids is 1. The van der Waals surface area contributed by atoms with Gasteiger partial charge in [0.05, 0.1) is 0 Å². The summed E-state index contributed by atoms with van der Waals surface area (Å²) >= 11 is 0. The first-order chi connectivity index (χ1) is 11.6. The molecular weight excluding hydrogens is 306 g/mol. The molecule has 0 saturated heterocycles. The maximum Gasteiger partial charge on any atom is 0.326 e. The Labute approximate surface area is 140 Å². The molecule has 0 spiro atoms. The zero-order chi connectivity index (χ0) is 17.4. The van der Waals surface area contributed by atoms with Gasteiger partial charge in [0.15, 0.2) is 0 Å². The van der Waals surface area contributed by atoms with Gasteiger partial charge in [-0.1, -0.05) is 42.5 Å². The number of rotatable bonds is 7. The number of carbonyl (C=O) groups is 2. The minimum atomic E-state index is -1.07. The van der Waals surface area contributed by atoms with Crippen molar-refractivity contribution in [3.8, 4) is 11.1 Å². The van der Waals surface area contributed by atoms with E-state index < -0.39 is 18.0 Å². The molecule has 0 aliphatic rings. The van der Waals surface area contributed by atoms with E-state index in [1.807, 2.05) is 42.5 Å². The van der Waals surface area contributed by atoms with Crippen LogP contribution in [-0.2, 0) is 4.79 Å². The SMILES string of the molecule is NCCC[C@H](NC(=O)Nc1ccc(-c2ccccc2)cc1)C(=O)O. The minimum Gasteiger partial charge on any atom is -0.480 e. The Hall–Kier alpha value is -2.86. The fraction of sp³-hybridized carbons (Fsp3) is 0.222. The van der Waals surface area contributed by atoms with Gasteiger partial charge >= 0.3 is 12.0 Å². The van der Waals surface area contributed by atoms with Crippen molar-refractivity contribution >= 4 is 17.7 Å². The van der Waals surface area contributed by atoms with E-state index in [2.05, 4.69) is 10.6 Å². The molecule has 1 atom stereocenters. The summed E-state index contributed by atoms with van der Waals surface area (Å²) in [7, 11) is 0. The summed E-state index contributed by atoms with van der Waals surface area (Å²) in [5.41, 5.74) is 8.08. The van der Waals surface area contributed by atoms with Crippen molar-refractivity contribution in [2.75, 3.05) is 11.9 Å². The summed E-state index contributed by atoms with van der Waals surface area (Å²) < 4.78 is 0. The summed E-state index contributed by atoms with van der Waals surface area (Å²) in [5.74, 6) is -1.07. The Bertz CT molecular complexity index is 672. The van der Waals surface area contributed by atoms with Crippen LogP contribution in [0.1, 0.15) is 12.8 Å². The third-order valence-corrected chi connectivity index (χ3v) is 3.55. The topological polar surface area (TPSA) is 104 Å². The molecule has 0 saturated carbocycles. The summed E-state index contributed by atoms with van der Waals surface area (Å²) in [6, 6.07) is 15.7. The van der Waals surface area contributed by atoms with Gasteiger partial charge in [-0.2, -0.15) is 0 Å². The number of nitrogens with two attached hydrogens (primary N) is 1. The highest BCUT2D eigenvalue weighted by Crippen LogP contribution is 2.20. The molecule has 0 aromatic heterocycles. The van der Waals surface area contributed by atoms with Gasteiger partial charge in [0.25, 0.3) is 0 Å². The Balaban J connectivity index is 1.95. The standard InChI is InChI=1S/C18H21N3O3/c19-12-4-7-16(17(22)23)21-18(24)20-15-10-8-14(9-11-15)13-5-2-1-3-6-13/h1-3,5-6,8-11,16H,4,7,12,19H2,(H,22,23)(H2,20,21,24)/t16-/m0/s1. The Kier molecular flexibility index (Phi) is 6.33. The summed E-state index contributed by atoms with van der Waals surface area (Å²) in [5, 5.41) is 14.2. The van der Waals surface area contributed by atoms with Crippen LogP contribution in [0.4, 0.5) is 10.5 Å². The number of anilines is 1. The van der Waals surface area contributed by atoms with Crippen molar-refractivity contribution < 1.29 is 14.7 Å². The number of hydrogen-bond acceptors (Lipinski definition) is 3. The van der Waals surface area contributed by atoms with Crippen molar-refractivity contribution in [2.24, 2.45) is 5.73 Å². The first-order valence-corrected chi connectivity index (χ1v) is 7.76. The molecule has 2 amide bonds. The highest BCUT2D eigenvalue weighted by molar-refractivity contribution is 5.92. The van der Waals surface area contributed by atoms with Gasteiger partial charge in [0.1, 0.15) is 6.04 Å². The quantitative estimate of drug-likeness (QED) is 0.627. The van der Waals surface area contributed by atoms with Gasteiger partial charge in [-0.3, -0.25) is 0 Å². The normalized spacial score (nSPS) is 11.5. The number of hydrogen-bond donors (Lipinski definition) is 4. The van der Waals surface area contributed by atoms with E-state index in [1.165, 1.54) is 0 Å². The number of aliphatic carboxylic acids is 1. The number of benzene rings is 2. The Morgan fingerprint density at radius 3 is 2.21 bits per heavy atom. The van der Waals surface area contributed by atoms with Crippen LogP contribution < -0.4 is 16.4 Å². The average Bonchev–Trinajstić information content (AvgIpc) is 2.59. The van der Waals surface area contributed by atoms with Crippen LogP contribution in [0.15, 0.2) is 54.6 Å². The molecule has 0 heterocycles. The van der Waals surface area contributed by atoms with Crippen LogP contribution >= 0.6 is 0 Å². The summed E-state index contributed by atoms with van der Waals surface area (Å²) in [4.78, 5) is 23.0. The van der Waals surface area contributed by atoms with E-state index in [4.69, 9.17) is 10.8 Å². The smallest absolute Gasteiger partial charge is 0.326 e. The molecule has 0 aliphatic heterocycles. The second kappa shape index (κ2) is 8.69. The number of carboxylic acid groups (broad SMARTS) is 1. The van der Waals surface area contributed by atoms with E-state index >= 15 is 0 Å². The Morgan fingerprint density at radius 1 is 1.00 bits per heavy atom. The predicted octanol–water partition coefficient (Wildman–Crippen LogP) is 2.67. The van der Waals surface area contributed by atoms with Crippen molar-refractivity contribution in [2.45, 2.75) is 18.9 Å². The second-order valence-corrected chi connectivity index (χ2v) is 5.36. The molecule has 0 radical (unpaired) electrons. The Morgan fingerprint density at radius 2 is 1.62 bits per heavy atom. The third kappa shape index (κ3) is 5.10. The number of carbonyl (C=O) groups excluding carboxylic acids is 1. The van der Waals surface area contributed by atoms with Crippen molar-refractivity contribution in [1.29, 1.82) is 0 Å². The van der Waals surface area contributed by atoms with Crippen LogP contribution in [-0.4, -0.2) is 29.7 Å². The molecule has 6 heteroatoms. The molecule has 2 aromatic rings. The molecule has 6 nitrogen and oxygen atoms in total. The van der Waals surface area contributed by atoms with Gasteiger partial charge < -0.3 is 21.5 Å². The van der Waals surface area contributed by atoms with Gasteiger partial charge in [0, 0.05) is 5.69 Å². The molecule has 0 bridgehead atoms. The molecule has 5 N–H and O–H groups in total. The largest absolute Gasteiger partial charge is 0.480 e. The lowest BCUT2D eigenvalue weighted by atomic mass is 10.1. The van der Waals surface area contributed by atoms with Crippen LogP contribution in [0.3, 0.4) is 0 Å². The minimum absolute atomic E-state index is 0.298. The lowest BCUT2D eigenvalue weighted by Gasteiger charge is -2.15. The highest BCUT2D eigenvalue weighted by Gasteiger charge is 2.19. The van der Waals surface area contributed by atoms with Crippen LogP contribution in [0.5, 0.6) is 0 Å². The van der Waals surface area contributed by atoms with E-state index in [-0.39, 0.29) is 0 Å². The molecule has 0 unspecified atom stereocenters. The number of nitrogens with one attached hydrogen (secondary N) is 2. The fourth-order valence-electron chi connectivity index (χ4n) is 2.28. The second-order valence-electron chi connectivity index (χ2n) is 5.36. The van der Waals surface area contributed by atoms with Crippen molar-refractivity contribution in [1.82, 2.24) is 5.32 Å². The van der Waals surface area contributed by atoms with E-state index in [1.54, 1.807) is 12.1 Å². The predicted molar refractivity (Wildman–Crippen MR) is 93.7 cm³/mol. The molecular formula is C18H21N3O3. The molecule has 0 aliphatic carbocycles. The number of urea groups is 1. The number of amides is 2. The monoisotopic (exact) mass is 327 g/mol. The summed E-state index contributed by atoms with van der Waals surface area (Å²) in [6.45, 7) is 0.383. The van der Waals surface area contributed by atoms with E-state index in [0.717, 1.165) is 11.1 Å². The van der Waals surface area contributed by atoms with Crippen LogP contribution in [0.2, 0.25) is 0 Å². The average molecular weight is 327 g/mol. The molecule has 2 aromatic carbocycles. The van der Waals surface area contributed by atoms with Gasteiger partial charge in [-0.25, -0.2) is 9.59 Å². The zero-order valence-electron chi connectivity index (χ0n) is 13.2. The maximum atomic E-state index is 11.9.